The van der Waals surface area contributed by atoms with Crippen molar-refractivity contribution in [1.82, 2.24) is 9.80 Å². The molecule has 0 saturated carbocycles. The molecule has 0 atom stereocenters. The van der Waals surface area contributed by atoms with Gasteiger partial charge in [-0.15, -0.1) is 11.3 Å². The number of rotatable bonds is 5. The highest BCUT2D eigenvalue weighted by atomic mass is 32.1. The summed E-state index contributed by atoms with van der Waals surface area (Å²) in [6, 6.07) is 5.11. The first-order valence-electron chi connectivity index (χ1n) is 8.86. The summed E-state index contributed by atoms with van der Waals surface area (Å²) in [7, 11) is 0. The predicted molar refractivity (Wildman–Crippen MR) is 99.9 cm³/mol. The molecule has 8 heteroatoms. The number of hydrogen-bond donors (Lipinski definition) is 0. The van der Waals surface area contributed by atoms with E-state index in [-0.39, 0.29) is 18.4 Å². The van der Waals surface area contributed by atoms with Crippen molar-refractivity contribution < 1.29 is 23.5 Å². The minimum absolute atomic E-state index is 0.182. The molecule has 2 aromatic rings. The number of furan rings is 1. The van der Waals surface area contributed by atoms with Gasteiger partial charge in [-0.1, -0.05) is 6.92 Å². The minimum Gasteiger partial charge on any atom is -0.459 e. The number of hydrogen-bond acceptors (Lipinski definition) is 6. The number of carbonyl (C=O) groups excluding carboxylic acids is 3. The van der Waals surface area contributed by atoms with Crippen LogP contribution < -0.4 is 0 Å². The number of piperazine rings is 1. The number of amides is 2. The third-order valence-corrected chi connectivity index (χ3v) is 5.65. The highest BCUT2D eigenvalue weighted by Crippen LogP contribution is 2.22. The minimum atomic E-state index is -0.470. The molecule has 7 nitrogen and oxygen atoms in total. The quantitative estimate of drug-likeness (QED) is 0.732. The fourth-order valence-electron chi connectivity index (χ4n) is 2.98. The molecule has 0 aliphatic carbocycles. The second-order valence-electron chi connectivity index (χ2n) is 6.27. The first-order valence-corrected chi connectivity index (χ1v) is 9.68. The van der Waals surface area contributed by atoms with Gasteiger partial charge in [0, 0.05) is 31.1 Å². The molecule has 0 bridgehead atoms. The van der Waals surface area contributed by atoms with Crippen molar-refractivity contribution >= 4 is 29.1 Å². The maximum Gasteiger partial charge on any atom is 0.348 e. The van der Waals surface area contributed by atoms with Crippen LogP contribution in [0, 0.1) is 6.92 Å². The lowest BCUT2D eigenvalue weighted by Gasteiger charge is -2.34. The van der Waals surface area contributed by atoms with Crippen molar-refractivity contribution in [2.45, 2.75) is 20.3 Å². The van der Waals surface area contributed by atoms with E-state index in [1.54, 1.807) is 21.9 Å². The normalized spacial score (nSPS) is 14.3. The van der Waals surface area contributed by atoms with E-state index in [2.05, 4.69) is 0 Å². The van der Waals surface area contributed by atoms with Crippen molar-refractivity contribution in [2.24, 2.45) is 0 Å². The molecule has 1 saturated heterocycles. The molecule has 3 heterocycles. The number of ether oxygens (including phenoxy) is 1. The summed E-state index contributed by atoms with van der Waals surface area (Å²) in [6.07, 6.45) is 2.31. The zero-order valence-electron chi connectivity index (χ0n) is 15.4. The van der Waals surface area contributed by atoms with Gasteiger partial charge < -0.3 is 19.0 Å². The highest BCUT2D eigenvalue weighted by molar-refractivity contribution is 7.14. The zero-order valence-corrected chi connectivity index (χ0v) is 16.2. The van der Waals surface area contributed by atoms with E-state index in [1.807, 2.05) is 19.9 Å². The summed E-state index contributed by atoms with van der Waals surface area (Å²) >= 11 is 1.38. The molecule has 0 spiro atoms. The summed E-state index contributed by atoms with van der Waals surface area (Å²) in [4.78, 5) is 41.5. The van der Waals surface area contributed by atoms with E-state index in [9.17, 15) is 14.4 Å². The highest BCUT2D eigenvalue weighted by Gasteiger charge is 2.26. The molecule has 144 valence electrons. The van der Waals surface area contributed by atoms with E-state index < -0.39 is 5.97 Å². The number of nitrogens with zero attached hydrogens (tertiary/aromatic N) is 2. The smallest absolute Gasteiger partial charge is 0.348 e. The van der Waals surface area contributed by atoms with Gasteiger partial charge in [0.2, 0.25) is 0 Å². The molecule has 1 aliphatic rings. The average Bonchev–Trinajstić information content (AvgIpc) is 3.35. The van der Waals surface area contributed by atoms with E-state index in [0.29, 0.717) is 36.8 Å². The molecule has 0 N–H and O–H groups in total. The van der Waals surface area contributed by atoms with Crippen molar-refractivity contribution in [2.75, 3.05) is 32.8 Å². The van der Waals surface area contributed by atoms with Crippen molar-refractivity contribution in [3.05, 3.63) is 45.5 Å². The van der Waals surface area contributed by atoms with Crippen molar-refractivity contribution in [1.29, 1.82) is 0 Å². The van der Waals surface area contributed by atoms with Gasteiger partial charge in [0.15, 0.2) is 12.4 Å². The summed E-state index contributed by atoms with van der Waals surface area (Å²) in [6.45, 7) is 5.36. The lowest BCUT2D eigenvalue weighted by Crippen LogP contribution is -2.51. The van der Waals surface area contributed by atoms with Crippen LogP contribution in [0.4, 0.5) is 0 Å². The summed E-state index contributed by atoms with van der Waals surface area (Å²) in [5.74, 6) is -0.611. The van der Waals surface area contributed by atoms with Gasteiger partial charge in [-0.05, 0) is 37.1 Å². The number of aryl methyl sites for hydroxylation is 2. The van der Waals surface area contributed by atoms with E-state index >= 15 is 0 Å². The Kier molecular flexibility index (Phi) is 5.95. The molecule has 27 heavy (non-hydrogen) atoms. The van der Waals surface area contributed by atoms with E-state index in [4.69, 9.17) is 9.15 Å². The van der Waals surface area contributed by atoms with Crippen LogP contribution in [0.2, 0.25) is 0 Å². The monoisotopic (exact) mass is 390 g/mol. The van der Waals surface area contributed by atoms with Crippen LogP contribution in [-0.4, -0.2) is 60.4 Å². The summed E-state index contributed by atoms with van der Waals surface area (Å²) in [5, 5.41) is 0. The van der Waals surface area contributed by atoms with Gasteiger partial charge in [-0.3, -0.25) is 9.59 Å². The molecule has 2 aromatic heterocycles. The zero-order chi connectivity index (χ0) is 19.4. The molecular weight excluding hydrogens is 368 g/mol. The van der Waals surface area contributed by atoms with Crippen LogP contribution in [-0.2, 0) is 16.0 Å². The molecule has 1 aliphatic heterocycles. The maximum absolute atomic E-state index is 12.3. The van der Waals surface area contributed by atoms with Crippen LogP contribution in [0.1, 0.15) is 37.6 Å². The Labute approximate surface area is 161 Å². The first-order chi connectivity index (χ1) is 13.0. The molecule has 3 rings (SSSR count). The average molecular weight is 390 g/mol. The predicted octanol–water partition coefficient (Wildman–Crippen LogP) is 2.35. The van der Waals surface area contributed by atoms with Gasteiger partial charge in [0.1, 0.15) is 4.88 Å². The van der Waals surface area contributed by atoms with Gasteiger partial charge in [-0.25, -0.2) is 4.79 Å². The molecule has 0 unspecified atom stereocenters. The lowest BCUT2D eigenvalue weighted by molar-refractivity contribution is -0.136. The molecule has 1 fully saturated rings. The Bertz CT molecular complexity index is 819. The molecular formula is C19H22N2O5S. The van der Waals surface area contributed by atoms with Crippen LogP contribution in [0.25, 0.3) is 0 Å². The van der Waals surface area contributed by atoms with Crippen molar-refractivity contribution in [3.8, 4) is 0 Å². The van der Waals surface area contributed by atoms with Gasteiger partial charge in [0.25, 0.3) is 11.8 Å². The van der Waals surface area contributed by atoms with Gasteiger partial charge >= 0.3 is 5.97 Å². The topological polar surface area (TPSA) is 80.1 Å². The second kappa shape index (κ2) is 8.39. The molecule has 2 amide bonds. The van der Waals surface area contributed by atoms with Crippen LogP contribution in [0.3, 0.4) is 0 Å². The third kappa shape index (κ3) is 4.39. The Morgan fingerprint density at radius 2 is 1.89 bits per heavy atom. The Morgan fingerprint density at radius 3 is 2.48 bits per heavy atom. The van der Waals surface area contributed by atoms with Crippen LogP contribution >= 0.6 is 11.3 Å². The largest absolute Gasteiger partial charge is 0.459 e. The fourth-order valence-corrected chi connectivity index (χ4v) is 3.98. The lowest BCUT2D eigenvalue weighted by atomic mass is 10.2. The van der Waals surface area contributed by atoms with E-state index in [1.165, 1.54) is 17.6 Å². The van der Waals surface area contributed by atoms with Crippen molar-refractivity contribution in [3.63, 3.8) is 0 Å². The van der Waals surface area contributed by atoms with Gasteiger partial charge in [0.05, 0.1) is 6.26 Å². The van der Waals surface area contributed by atoms with E-state index in [0.717, 1.165) is 16.9 Å². The third-order valence-electron chi connectivity index (χ3n) is 4.58. The maximum atomic E-state index is 12.3. The Balaban J connectivity index is 1.46. The summed E-state index contributed by atoms with van der Waals surface area (Å²) < 4.78 is 10.3. The standard InChI is InChI=1S/C19H22N2O5S/c1-3-14-11-16(27-13(14)2)19(24)26-12-17(22)20-6-8-21(9-7-20)18(23)15-5-4-10-25-15/h4-5,10-11H,3,6-9,12H2,1-2H3. The number of thiophene rings is 1. The Morgan fingerprint density at radius 1 is 1.19 bits per heavy atom. The van der Waals surface area contributed by atoms with Crippen LogP contribution in [0.15, 0.2) is 28.9 Å². The fraction of sp³-hybridized carbons (Fsp3) is 0.421. The summed E-state index contributed by atoms with van der Waals surface area (Å²) in [5.41, 5.74) is 1.12. The van der Waals surface area contributed by atoms with Gasteiger partial charge in [-0.2, -0.15) is 0 Å². The SMILES string of the molecule is CCc1cc(C(=O)OCC(=O)N2CCN(C(=O)c3ccco3)CC2)sc1C. The molecule has 0 radical (unpaired) electrons. The number of esters is 1. The van der Waals surface area contributed by atoms with Crippen LogP contribution in [0.5, 0.6) is 0 Å². The second-order valence-corrected chi connectivity index (χ2v) is 7.53. The Hall–Kier alpha value is -2.61. The first kappa shape index (κ1) is 19.2. The molecule has 0 aromatic carbocycles. The number of carbonyl (C=O) groups is 3.